The van der Waals surface area contributed by atoms with Gasteiger partial charge in [-0.2, -0.15) is 0 Å². The van der Waals surface area contributed by atoms with Crippen molar-refractivity contribution in [1.82, 2.24) is 0 Å². The largest absolute Gasteiger partial charge is 0.477 e. The first-order valence-corrected chi connectivity index (χ1v) is 4.95. The molecule has 1 aromatic rings. The Morgan fingerprint density at radius 1 is 1.21 bits per heavy atom. The van der Waals surface area contributed by atoms with E-state index in [-0.39, 0.29) is 5.54 Å². The summed E-state index contributed by atoms with van der Waals surface area (Å²) in [5.41, 5.74) is 1.09. The zero-order valence-corrected chi connectivity index (χ0v) is 8.66. The van der Waals surface area contributed by atoms with Crippen molar-refractivity contribution in [3.05, 3.63) is 35.9 Å². The van der Waals surface area contributed by atoms with Crippen LogP contribution in [0.2, 0.25) is 0 Å². The van der Waals surface area contributed by atoms with E-state index in [0.29, 0.717) is 0 Å². The second-order valence-electron chi connectivity index (χ2n) is 4.19. The van der Waals surface area contributed by atoms with Crippen LogP contribution in [0.15, 0.2) is 35.3 Å². The second-order valence-corrected chi connectivity index (χ2v) is 4.19. The van der Waals surface area contributed by atoms with Gasteiger partial charge in [-0.1, -0.05) is 18.2 Å². The molecule has 0 N–H and O–H groups in total. The Bertz CT molecular complexity index is 341. The number of ether oxygens (including phenoxy) is 1. The lowest BCUT2D eigenvalue weighted by atomic mass is 10.0. The van der Waals surface area contributed by atoms with Crippen LogP contribution in [0, 0.1) is 0 Å². The normalized spacial score (nSPS) is 19.7. The Balaban J connectivity index is 2.31. The Morgan fingerprint density at radius 3 is 2.57 bits per heavy atom. The van der Waals surface area contributed by atoms with E-state index >= 15 is 0 Å². The lowest BCUT2D eigenvalue weighted by Gasteiger charge is -2.26. The molecule has 0 radical (unpaired) electrons. The van der Waals surface area contributed by atoms with Crippen molar-refractivity contribution in [1.29, 1.82) is 0 Å². The maximum Gasteiger partial charge on any atom is 0.216 e. The van der Waals surface area contributed by atoms with E-state index in [9.17, 15) is 0 Å². The molecule has 2 rings (SSSR count). The minimum absolute atomic E-state index is 0.0173. The molecule has 0 unspecified atom stereocenters. The average Bonchev–Trinajstić information content (AvgIpc) is 2.18. The Kier molecular flexibility index (Phi) is 2.28. The standard InChI is InChI=1S/C12H15NO/c1-12(2)8-9-14-11(13-12)10-6-4-3-5-7-10/h3-7H,8-9H2,1-2H3. The summed E-state index contributed by atoms with van der Waals surface area (Å²) in [4.78, 5) is 4.58. The van der Waals surface area contributed by atoms with Gasteiger partial charge < -0.3 is 4.74 Å². The van der Waals surface area contributed by atoms with Gasteiger partial charge in [0.05, 0.1) is 12.1 Å². The number of hydrogen-bond acceptors (Lipinski definition) is 2. The highest BCUT2D eigenvalue weighted by Gasteiger charge is 2.23. The van der Waals surface area contributed by atoms with Gasteiger partial charge in [0, 0.05) is 12.0 Å². The van der Waals surface area contributed by atoms with Gasteiger partial charge >= 0.3 is 0 Å². The number of hydrogen-bond donors (Lipinski definition) is 0. The molecule has 14 heavy (non-hydrogen) atoms. The van der Waals surface area contributed by atoms with Crippen LogP contribution in [0.1, 0.15) is 25.8 Å². The van der Waals surface area contributed by atoms with E-state index in [1.54, 1.807) is 0 Å². The molecule has 1 aliphatic rings. The van der Waals surface area contributed by atoms with E-state index < -0.39 is 0 Å². The molecular formula is C12H15NO. The minimum atomic E-state index is 0.0173. The smallest absolute Gasteiger partial charge is 0.216 e. The van der Waals surface area contributed by atoms with Crippen molar-refractivity contribution in [2.45, 2.75) is 25.8 Å². The Morgan fingerprint density at radius 2 is 1.93 bits per heavy atom. The van der Waals surface area contributed by atoms with Gasteiger partial charge in [0.15, 0.2) is 0 Å². The molecular weight excluding hydrogens is 174 g/mol. The predicted molar refractivity (Wildman–Crippen MR) is 57.6 cm³/mol. The highest BCUT2D eigenvalue weighted by atomic mass is 16.5. The van der Waals surface area contributed by atoms with Gasteiger partial charge in [-0.15, -0.1) is 0 Å². The van der Waals surface area contributed by atoms with Crippen LogP contribution in [0.3, 0.4) is 0 Å². The fourth-order valence-electron chi connectivity index (χ4n) is 1.49. The summed E-state index contributed by atoms with van der Waals surface area (Å²) in [5.74, 6) is 0.779. The van der Waals surface area contributed by atoms with Crippen LogP contribution < -0.4 is 0 Å². The first kappa shape index (κ1) is 9.25. The molecule has 0 saturated carbocycles. The van der Waals surface area contributed by atoms with E-state index in [2.05, 4.69) is 18.8 Å². The number of nitrogens with zero attached hydrogens (tertiary/aromatic N) is 1. The summed E-state index contributed by atoms with van der Waals surface area (Å²) in [6, 6.07) is 10.1. The van der Waals surface area contributed by atoms with Crippen LogP contribution in [-0.4, -0.2) is 18.0 Å². The van der Waals surface area contributed by atoms with E-state index in [1.807, 2.05) is 30.3 Å². The summed E-state index contributed by atoms with van der Waals surface area (Å²) in [6.45, 7) is 5.04. The van der Waals surface area contributed by atoms with E-state index in [1.165, 1.54) is 0 Å². The fourth-order valence-corrected chi connectivity index (χ4v) is 1.49. The maximum atomic E-state index is 5.55. The van der Waals surface area contributed by atoms with Crippen LogP contribution in [0.5, 0.6) is 0 Å². The van der Waals surface area contributed by atoms with E-state index in [0.717, 1.165) is 24.5 Å². The molecule has 0 aliphatic carbocycles. The van der Waals surface area contributed by atoms with Gasteiger partial charge in [-0.25, -0.2) is 4.99 Å². The van der Waals surface area contributed by atoms with Crippen molar-refractivity contribution < 1.29 is 4.74 Å². The zero-order chi connectivity index (χ0) is 10.0. The van der Waals surface area contributed by atoms with Gasteiger partial charge in [0.2, 0.25) is 5.90 Å². The van der Waals surface area contributed by atoms with Gasteiger partial charge in [0.25, 0.3) is 0 Å². The zero-order valence-electron chi connectivity index (χ0n) is 8.66. The highest BCUT2D eigenvalue weighted by Crippen LogP contribution is 2.21. The SMILES string of the molecule is CC1(C)CCOC(c2ccccc2)=N1. The molecule has 0 fully saturated rings. The highest BCUT2D eigenvalue weighted by molar-refractivity contribution is 5.94. The number of aliphatic imine (C=N–C) groups is 1. The van der Waals surface area contributed by atoms with Crippen molar-refractivity contribution in [2.75, 3.05) is 6.61 Å². The average molecular weight is 189 g/mol. The first-order chi connectivity index (χ1) is 6.67. The molecule has 0 aromatic heterocycles. The monoisotopic (exact) mass is 189 g/mol. The molecule has 1 heterocycles. The Hall–Kier alpha value is -1.31. The van der Waals surface area contributed by atoms with Gasteiger partial charge in [-0.05, 0) is 26.0 Å². The third-order valence-corrected chi connectivity index (χ3v) is 2.38. The number of rotatable bonds is 1. The Labute approximate surface area is 84.6 Å². The molecule has 1 aliphatic heterocycles. The number of benzene rings is 1. The van der Waals surface area contributed by atoms with Crippen LogP contribution in [0.4, 0.5) is 0 Å². The summed E-state index contributed by atoms with van der Waals surface area (Å²) < 4.78 is 5.55. The topological polar surface area (TPSA) is 21.6 Å². The van der Waals surface area contributed by atoms with Crippen molar-refractivity contribution in [2.24, 2.45) is 4.99 Å². The van der Waals surface area contributed by atoms with Crippen molar-refractivity contribution >= 4 is 5.90 Å². The summed E-state index contributed by atoms with van der Waals surface area (Å²) in [7, 11) is 0. The van der Waals surface area contributed by atoms with Crippen molar-refractivity contribution in [3.8, 4) is 0 Å². The predicted octanol–water partition coefficient (Wildman–Crippen LogP) is 2.63. The van der Waals surface area contributed by atoms with Crippen LogP contribution in [-0.2, 0) is 4.74 Å². The summed E-state index contributed by atoms with van der Waals surface area (Å²) in [5, 5.41) is 0. The van der Waals surface area contributed by atoms with Crippen LogP contribution in [0.25, 0.3) is 0 Å². The molecule has 0 spiro atoms. The van der Waals surface area contributed by atoms with Gasteiger partial charge in [-0.3, -0.25) is 0 Å². The maximum absolute atomic E-state index is 5.55. The summed E-state index contributed by atoms with van der Waals surface area (Å²) in [6.07, 6.45) is 0.989. The lowest BCUT2D eigenvalue weighted by molar-refractivity contribution is 0.231. The molecule has 74 valence electrons. The molecule has 0 bridgehead atoms. The lowest BCUT2D eigenvalue weighted by Crippen LogP contribution is -2.29. The molecule has 1 aromatic carbocycles. The third-order valence-electron chi connectivity index (χ3n) is 2.38. The quantitative estimate of drug-likeness (QED) is 0.665. The second kappa shape index (κ2) is 3.45. The van der Waals surface area contributed by atoms with Crippen molar-refractivity contribution in [3.63, 3.8) is 0 Å². The molecule has 0 amide bonds. The first-order valence-electron chi connectivity index (χ1n) is 4.95. The summed E-state index contributed by atoms with van der Waals surface area (Å²) >= 11 is 0. The molecule has 0 atom stereocenters. The van der Waals surface area contributed by atoms with Gasteiger partial charge in [0.1, 0.15) is 0 Å². The minimum Gasteiger partial charge on any atom is -0.477 e. The van der Waals surface area contributed by atoms with Crippen LogP contribution >= 0.6 is 0 Å². The third kappa shape index (κ3) is 1.95. The fraction of sp³-hybridized carbons (Fsp3) is 0.417. The molecule has 2 nitrogen and oxygen atoms in total. The molecule has 0 saturated heterocycles. The molecule has 2 heteroatoms. The van der Waals surface area contributed by atoms with E-state index in [4.69, 9.17) is 4.74 Å².